The lowest BCUT2D eigenvalue weighted by atomic mass is 9.96. The number of fused-ring (bicyclic) bond motifs is 2. The molecule has 0 bridgehead atoms. The molecule has 2 aliphatic heterocycles. The molecule has 0 saturated carbocycles. The van der Waals surface area contributed by atoms with E-state index in [1.807, 2.05) is 6.07 Å². The van der Waals surface area contributed by atoms with Crippen molar-refractivity contribution >= 4 is 29.1 Å². The van der Waals surface area contributed by atoms with Crippen LogP contribution in [-0.2, 0) is 9.53 Å². The number of hydrogen-bond acceptors (Lipinski definition) is 9. The van der Waals surface area contributed by atoms with Crippen LogP contribution in [-0.4, -0.2) is 36.2 Å². The number of carbonyl (C=O) groups excluding carboxylic acids is 1. The van der Waals surface area contributed by atoms with Crippen molar-refractivity contribution in [1.82, 2.24) is 4.57 Å². The number of aromatic hydroxyl groups is 1. The third kappa shape index (κ3) is 3.95. The fourth-order valence-electron chi connectivity index (χ4n) is 4.08. The highest BCUT2D eigenvalue weighted by Crippen LogP contribution is 2.36. The van der Waals surface area contributed by atoms with Crippen molar-refractivity contribution in [1.29, 1.82) is 0 Å². The fraction of sp³-hybridized carbons (Fsp3) is 0.240. The molecule has 3 heterocycles. The Bertz CT molecular complexity index is 1550. The number of phenolic OH excluding ortho intramolecular Hbond substituents is 1. The number of benzene rings is 2. The summed E-state index contributed by atoms with van der Waals surface area (Å²) in [6, 6.07) is 9.47. The topological polar surface area (TPSA) is 109 Å². The van der Waals surface area contributed by atoms with E-state index >= 15 is 0 Å². The lowest BCUT2D eigenvalue weighted by molar-refractivity contribution is -0.138. The van der Waals surface area contributed by atoms with Crippen LogP contribution < -0.4 is 29.1 Å². The highest BCUT2D eigenvalue weighted by Gasteiger charge is 2.32. The Morgan fingerprint density at radius 1 is 1.26 bits per heavy atom. The summed E-state index contributed by atoms with van der Waals surface area (Å²) in [5.41, 5.74) is 1.80. The Labute approximate surface area is 203 Å². The number of phenols is 1. The zero-order valence-corrected chi connectivity index (χ0v) is 20.0. The number of allylic oxidation sites excluding steroid dienone is 1. The van der Waals surface area contributed by atoms with Crippen molar-refractivity contribution in [2.24, 2.45) is 4.99 Å². The zero-order chi connectivity index (χ0) is 24.7. The van der Waals surface area contributed by atoms with Gasteiger partial charge in [-0.3, -0.25) is 9.36 Å². The van der Waals surface area contributed by atoms with E-state index in [0.717, 1.165) is 5.56 Å². The highest BCUT2D eigenvalue weighted by molar-refractivity contribution is 7.07. The molecule has 10 heteroatoms. The molecule has 9 nitrogen and oxygen atoms in total. The zero-order valence-electron chi connectivity index (χ0n) is 19.2. The number of nitrogens with zero attached hydrogens (tertiary/aromatic N) is 2. The van der Waals surface area contributed by atoms with Gasteiger partial charge in [0.25, 0.3) is 5.56 Å². The predicted octanol–water partition coefficient (Wildman–Crippen LogP) is 2.35. The third-order valence-corrected chi connectivity index (χ3v) is 6.74. The van der Waals surface area contributed by atoms with E-state index in [0.29, 0.717) is 32.1 Å². The molecule has 2 aromatic carbocycles. The van der Waals surface area contributed by atoms with Crippen LogP contribution in [0.1, 0.15) is 31.0 Å². The van der Waals surface area contributed by atoms with E-state index in [1.165, 1.54) is 29.1 Å². The molecule has 2 aliphatic rings. The summed E-state index contributed by atoms with van der Waals surface area (Å²) in [6.45, 7) is 3.76. The Morgan fingerprint density at radius 3 is 2.83 bits per heavy atom. The van der Waals surface area contributed by atoms with Crippen molar-refractivity contribution in [3.8, 4) is 23.0 Å². The molecule has 35 heavy (non-hydrogen) atoms. The van der Waals surface area contributed by atoms with Gasteiger partial charge in [0, 0.05) is 5.70 Å². The molecule has 1 N–H and O–H groups in total. The van der Waals surface area contributed by atoms with Gasteiger partial charge < -0.3 is 24.1 Å². The minimum Gasteiger partial charge on any atom is -0.504 e. The maximum absolute atomic E-state index is 13.4. The molecule has 5 rings (SSSR count). The first-order valence-electron chi connectivity index (χ1n) is 10.9. The van der Waals surface area contributed by atoms with Gasteiger partial charge in [-0.05, 0) is 55.3 Å². The summed E-state index contributed by atoms with van der Waals surface area (Å²) in [5.74, 6) is 0.940. The lowest BCUT2D eigenvalue weighted by Gasteiger charge is -2.22. The molecule has 3 aromatic rings. The summed E-state index contributed by atoms with van der Waals surface area (Å²) in [5, 5.41) is 10.0. The lowest BCUT2D eigenvalue weighted by Crippen LogP contribution is -2.35. The van der Waals surface area contributed by atoms with Gasteiger partial charge in [-0.1, -0.05) is 23.5 Å². The van der Waals surface area contributed by atoms with Gasteiger partial charge in [0.05, 0.1) is 23.8 Å². The molecule has 0 aliphatic carbocycles. The first kappa shape index (κ1) is 22.7. The van der Waals surface area contributed by atoms with Crippen LogP contribution >= 0.6 is 11.3 Å². The Hall–Kier alpha value is -4.05. The summed E-state index contributed by atoms with van der Waals surface area (Å²) >= 11 is 1.22. The van der Waals surface area contributed by atoms with E-state index < -0.39 is 12.0 Å². The van der Waals surface area contributed by atoms with Crippen molar-refractivity contribution in [3.05, 3.63) is 72.8 Å². The van der Waals surface area contributed by atoms with Crippen molar-refractivity contribution < 1.29 is 28.8 Å². The molecule has 0 radical (unpaired) electrons. The van der Waals surface area contributed by atoms with E-state index in [1.54, 1.807) is 44.2 Å². The van der Waals surface area contributed by atoms with Gasteiger partial charge >= 0.3 is 5.97 Å². The van der Waals surface area contributed by atoms with Crippen LogP contribution in [0.4, 0.5) is 0 Å². The van der Waals surface area contributed by atoms with Crippen LogP contribution in [0.15, 0.2) is 51.8 Å². The summed E-state index contributed by atoms with van der Waals surface area (Å²) in [4.78, 5) is 31.5. The van der Waals surface area contributed by atoms with E-state index in [9.17, 15) is 14.7 Å². The monoisotopic (exact) mass is 494 g/mol. The highest BCUT2D eigenvalue weighted by atomic mass is 32.1. The Balaban J connectivity index is 1.69. The number of rotatable bonds is 5. The van der Waals surface area contributed by atoms with Crippen LogP contribution in [0.25, 0.3) is 11.8 Å². The van der Waals surface area contributed by atoms with Crippen LogP contribution in [0, 0.1) is 0 Å². The molecule has 0 spiro atoms. The molecule has 0 unspecified atom stereocenters. The maximum atomic E-state index is 13.4. The molecule has 1 aromatic heterocycles. The average molecular weight is 495 g/mol. The van der Waals surface area contributed by atoms with Gasteiger partial charge in [-0.15, -0.1) is 0 Å². The predicted molar refractivity (Wildman–Crippen MR) is 128 cm³/mol. The SMILES string of the molecule is CCOC(=O)C1=C(C)n2c(s/c(=C\c3ccc4c(c3)OCO4)c2=O)=N[C@@H]1c1ccc(O)c(OC)c1. The van der Waals surface area contributed by atoms with Crippen LogP contribution in [0.3, 0.4) is 0 Å². The molecule has 0 fully saturated rings. The van der Waals surface area contributed by atoms with Gasteiger partial charge in [-0.2, -0.15) is 0 Å². The number of ether oxygens (including phenoxy) is 4. The number of thiazole rings is 1. The third-order valence-electron chi connectivity index (χ3n) is 5.75. The smallest absolute Gasteiger partial charge is 0.338 e. The van der Waals surface area contributed by atoms with Crippen LogP contribution in [0.5, 0.6) is 23.0 Å². The Morgan fingerprint density at radius 2 is 2.06 bits per heavy atom. The molecule has 0 saturated heterocycles. The quantitative estimate of drug-likeness (QED) is 0.543. The minimum atomic E-state index is -0.736. The minimum absolute atomic E-state index is 0.0286. The average Bonchev–Trinajstić information content (AvgIpc) is 3.43. The van der Waals surface area contributed by atoms with Crippen molar-refractivity contribution in [3.63, 3.8) is 0 Å². The molecule has 1 atom stereocenters. The van der Waals surface area contributed by atoms with E-state index in [2.05, 4.69) is 0 Å². The van der Waals surface area contributed by atoms with E-state index in [4.69, 9.17) is 23.9 Å². The number of carbonyl (C=O) groups is 1. The molecular formula is C25H22N2O7S. The van der Waals surface area contributed by atoms with Gasteiger partial charge in [-0.25, -0.2) is 9.79 Å². The second-order valence-electron chi connectivity index (χ2n) is 7.83. The fourth-order valence-corrected chi connectivity index (χ4v) is 5.12. The van der Waals surface area contributed by atoms with Crippen molar-refractivity contribution in [2.75, 3.05) is 20.5 Å². The standard InChI is InChI=1S/C25H22N2O7S/c1-4-32-24(30)21-13(2)27-23(29)20(10-14-5-8-17-19(9-14)34-12-33-17)35-25(27)26-22(21)15-6-7-16(28)18(11-15)31-3/h5-11,22,28H,4,12H2,1-3H3/b20-10-/t22-/m1/s1. The Kier molecular flexibility index (Phi) is 5.81. The van der Waals surface area contributed by atoms with E-state index in [-0.39, 0.29) is 36.0 Å². The van der Waals surface area contributed by atoms with Gasteiger partial charge in [0.2, 0.25) is 6.79 Å². The number of methoxy groups -OCH3 is 1. The number of aromatic nitrogens is 1. The number of esters is 1. The summed E-state index contributed by atoms with van der Waals surface area (Å²) in [6.07, 6.45) is 1.76. The molecule has 180 valence electrons. The first-order valence-corrected chi connectivity index (χ1v) is 11.7. The second-order valence-corrected chi connectivity index (χ2v) is 8.84. The summed E-state index contributed by atoms with van der Waals surface area (Å²) < 4.78 is 23.2. The largest absolute Gasteiger partial charge is 0.504 e. The van der Waals surface area contributed by atoms with Gasteiger partial charge in [0.1, 0.15) is 6.04 Å². The van der Waals surface area contributed by atoms with Crippen molar-refractivity contribution in [2.45, 2.75) is 19.9 Å². The molecular weight excluding hydrogens is 472 g/mol. The number of hydrogen-bond donors (Lipinski definition) is 1. The van der Waals surface area contributed by atoms with Gasteiger partial charge in [0.15, 0.2) is 27.8 Å². The normalized spacial score (nSPS) is 16.7. The first-order chi connectivity index (χ1) is 16.9. The second kappa shape index (κ2) is 8.95. The molecule has 0 amide bonds. The maximum Gasteiger partial charge on any atom is 0.338 e. The van der Waals surface area contributed by atoms with Crippen LogP contribution in [0.2, 0.25) is 0 Å². The summed E-state index contributed by atoms with van der Waals surface area (Å²) in [7, 11) is 1.44.